The molecule has 0 saturated heterocycles. The van der Waals surface area contributed by atoms with Gasteiger partial charge in [-0.15, -0.1) is 0 Å². The second-order valence-electron chi connectivity index (χ2n) is 8.88. The molecule has 0 radical (unpaired) electrons. The average molecular weight is 514 g/mol. The van der Waals surface area contributed by atoms with E-state index in [1.54, 1.807) is 24.3 Å². The number of nitrogens with zero attached hydrogens (tertiary/aromatic N) is 1. The van der Waals surface area contributed by atoms with E-state index in [9.17, 15) is 14.4 Å². The molecule has 0 aromatic heterocycles. The molecule has 0 spiro atoms. The number of benzene rings is 4. The Balaban J connectivity index is 1.67. The van der Waals surface area contributed by atoms with Gasteiger partial charge >= 0.3 is 5.97 Å². The molecule has 7 nitrogen and oxygen atoms in total. The first-order valence-electron chi connectivity index (χ1n) is 12.2. The SMILES string of the molecule is CCCOc1c2c(c(OCc3ccccc3)c3ccccc13)C(=O)N(c1ccc(CC(=O)O)cc1F)C2=O. The van der Waals surface area contributed by atoms with Crippen LogP contribution in [0.25, 0.3) is 10.8 Å². The van der Waals surface area contributed by atoms with Crippen LogP contribution < -0.4 is 14.4 Å². The van der Waals surface area contributed by atoms with Crippen LogP contribution in [0.3, 0.4) is 0 Å². The molecule has 0 bridgehead atoms. The summed E-state index contributed by atoms with van der Waals surface area (Å²) in [7, 11) is 0. The average Bonchev–Trinajstić information content (AvgIpc) is 3.16. The lowest BCUT2D eigenvalue weighted by Crippen LogP contribution is -2.30. The molecule has 38 heavy (non-hydrogen) atoms. The van der Waals surface area contributed by atoms with Crippen molar-refractivity contribution in [3.05, 3.63) is 101 Å². The van der Waals surface area contributed by atoms with Crippen LogP contribution in [0.15, 0.2) is 72.8 Å². The molecule has 0 saturated carbocycles. The highest BCUT2D eigenvalue weighted by atomic mass is 19.1. The Labute approximate surface area is 218 Å². The molecule has 0 fully saturated rings. The Morgan fingerprint density at radius 1 is 0.842 bits per heavy atom. The van der Waals surface area contributed by atoms with Crippen LogP contribution in [0, 0.1) is 5.82 Å². The lowest BCUT2D eigenvalue weighted by molar-refractivity contribution is -0.136. The molecular formula is C30H24FNO6. The molecule has 4 aromatic carbocycles. The number of carbonyl (C=O) groups excluding carboxylic acids is 2. The number of fused-ring (bicyclic) bond motifs is 2. The number of imide groups is 1. The first kappa shape index (κ1) is 25.0. The minimum absolute atomic E-state index is 0.00440. The Bertz CT molecular complexity index is 1570. The van der Waals surface area contributed by atoms with Gasteiger partial charge in [0, 0.05) is 10.8 Å². The predicted octanol–water partition coefficient (Wildman–Crippen LogP) is 5.77. The van der Waals surface area contributed by atoms with Gasteiger partial charge in [0.15, 0.2) is 0 Å². The Morgan fingerprint density at radius 2 is 1.45 bits per heavy atom. The molecular weight excluding hydrogens is 489 g/mol. The number of rotatable bonds is 9. The van der Waals surface area contributed by atoms with E-state index in [4.69, 9.17) is 14.6 Å². The zero-order valence-corrected chi connectivity index (χ0v) is 20.6. The van der Waals surface area contributed by atoms with Crippen molar-refractivity contribution >= 4 is 34.2 Å². The fourth-order valence-corrected chi connectivity index (χ4v) is 4.57. The quantitative estimate of drug-likeness (QED) is 0.286. The summed E-state index contributed by atoms with van der Waals surface area (Å²) >= 11 is 0. The van der Waals surface area contributed by atoms with Crippen LogP contribution in [0.5, 0.6) is 11.5 Å². The molecule has 0 unspecified atom stereocenters. The van der Waals surface area contributed by atoms with Gasteiger partial charge < -0.3 is 14.6 Å². The van der Waals surface area contributed by atoms with Crippen LogP contribution in [0.2, 0.25) is 0 Å². The molecule has 2 amide bonds. The van der Waals surface area contributed by atoms with Gasteiger partial charge in [0.2, 0.25) is 0 Å². The van der Waals surface area contributed by atoms with Gasteiger partial charge in [-0.3, -0.25) is 14.4 Å². The predicted molar refractivity (Wildman–Crippen MR) is 139 cm³/mol. The summed E-state index contributed by atoms with van der Waals surface area (Å²) in [6.07, 6.45) is 0.276. The van der Waals surface area contributed by atoms with Crippen LogP contribution in [-0.2, 0) is 17.8 Å². The number of ether oxygens (including phenoxy) is 2. The van der Waals surface area contributed by atoms with Gasteiger partial charge in [0.25, 0.3) is 11.8 Å². The number of hydrogen-bond donors (Lipinski definition) is 1. The second kappa shape index (κ2) is 10.3. The van der Waals surface area contributed by atoms with E-state index < -0.39 is 30.0 Å². The molecule has 0 aliphatic carbocycles. The number of halogens is 1. The standard InChI is InChI=1S/C30H24FNO6/c1-2-14-37-27-20-10-6-7-11-21(20)28(38-17-18-8-4-3-5-9-18)26-25(27)29(35)32(30(26)36)23-13-12-19(15-22(23)31)16-24(33)34/h3-13,15H,2,14,16-17H2,1H3,(H,33,34). The van der Waals surface area contributed by atoms with Crippen molar-refractivity contribution in [1.82, 2.24) is 0 Å². The number of amides is 2. The molecule has 5 rings (SSSR count). The minimum atomic E-state index is -1.12. The van der Waals surface area contributed by atoms with Gasteiger partial charge in [-0.05, 0) is 29.7 Å². The summed E-state index contributed by atoms with van der Waals surface area (Å²) in [5, 5.41) is 10.2. The van der Waals surface area contributed by atoms with E-state index in [-0.39, 0.29) is 40.5 Å². The van der Waals surface area contributed by atoms with E-state index in [1.165, 1.54) is 12.1 Å². The second-order valence-corrected chi connectivity index (χ2v) is 8.88. The molecule has 0 atom stereocenters. The largest absolute Gasteiger partial charge is 0.492 e. The third-order valence-corrected chi connectivity index (χ3v) is 6.24. The van der Waals surface area contributed by atoms with Crippen molar-refractivity contribution in [3.63, 3.8) is 0 Å². The first-order chi connectivity index (χ1) is 18.4. The van der Waals surface area contributed by atoms with Crippen molar-refractivity contribution in [1.29, 1.82) is 0 Å². The highest BCUT2D eigenvalue weighted by Gasteiger charge is 2.44. The lowest BCUT2D eigenvalue weighted by atomic mass is 9.99. The highest BCUT2D eigenvalue weighted by molar-refractivity contribution is 6.38. The number of aliphatic carboxylic acids is 1. The van der Waals surface area contributed by atoms with E-state index in [2.05, 4.69) is 0 Å². The summed E-state index contributed by atoms with van der Waals surface area (Å²) in [5.74, 6) is -3.03. The normalized spacial score (nSPS) is 12.6. The van der Waals surface area contributed by atoms with Crippen LogP contribution in [0.4, 0.5) is 10.1 Å². The topological polar surface area (TPSA) is 93.1 Å². The summed E-state index contributed by atoms with van der Waals surface area (Å²) in [6.45, 7) is 2.37. The van der Waals surface area contributed by atoms with Gasteiger partial charge in [0.1, 0.15) is 23.9 Å². The van der Waals surface area contributed by atoms with E-state index in [0.29, 0.717) is 23.8 Å². The molecule has 1 heterocycles. The Morgan fingerprint density at radius 3 is 2.03 bits per heavy atom. The van der Waals surface area contributed by atoms with Crippen LogP contribution >= 0.6 is 0 Å². The summed E-state index contributed by atoms with van der Waals surface area (Å²) in [4.78, 5) is 39.4. The van der Waals surface area contributed by atoms with Gasteiger partial charge in [-0.25, -0.2) is 9.29 Å². The molecule has 8 heteroatoms. The van der Waals surface area contributed by atoms with E-state index in [1.807, 2.05) is 37.3 Å². The highest BCUT2D eigenvalue weighted by Crippen LogP contribution is 2.46. The van der Waals surface area contributed by atoms with Crippen molar-refractivity contribution in [2.75, 3.05) is 11.5 Å². The fourth-order valence-electron chi connectivity index (χ4n) is 4.57. The maximum Gasteiger partial charge on any atom is 0.307 e. The van der Waals surface area contributed by atoms with Crippen molar-refractivity contribution in [2.45, 2.75) is 26.4 Å². The van der Waals surface area contributed by atoms with Crippen LogP contribution in [0.1, 0.15) is 45.2 Å². The summed E-state index contributed by atoms with van der Waals surface area (Å²) in [5.41, 5.74) is 0.819. The molecule has 1 aliphatic heterocycles. The van der Waals surface area contributed by atoms with Crippen molar-refractivity contribution < 1.29 is 33.4 Å². The fraction of sp³-hybridized carbons (Fsp3) is 0.167. The van der Waals surface area contributed by atoms with Crippen molar-refractivity contribution in [2.24, 2.45) is 0 Å². The maximum absolute atomic E-state index is 15.2. The molecule has 192 valence electrons. The molecule has 1 aliphatic rings. The zero-order chi connectivity index (χ0) is 26.8. The zero-order valence-electron chi connectivity index (χ0n) is 20.6. The number of carboxylic acids is 1. The molecule has 1 N–H and O–H groups in total. The van der Waals surface area contributed by atoms with Gasteiger partial charge in [-0.1, -0.05) is 67.6 Å². The summed E-state index contributed by atoms with van der Waals surface area (Å²) in [6, 6.07) is 20.2. The monoisotopic (exact) mass is 513 g/mol. The first-order valence-corrected chi connectivity index (χ1v) is 12.2. The molecule has 4 aromatic rings. The lowest BCUT2D eigenvalue weighted by Gasteiger charge is -2.17. The minimum Gasteiger partial charge on any atom is -0.492 e. The number of anilines is 1. The maximum atomic E-state index is 15.2. The van der Waals surface area contributed by atoms with Gasteiger partial charge in [0.05, 0.1) is 29.8 Å². The smallest absolute Gasteiger partial charge is 0.307 e. The number of carbonyl (C=O) groups is 3. The number of hydrogen-bond acceptors (Lipinski definition) is 5. The Hall–Kier alpha value is -4.72. The van der Waals surface area contributed by atoms with Crippen LogP contribution in [-0.4, -0.2) is 29.5 Å². The third-order valence-electron chi connectivity index (χ3n) is 6.24. The number of carboxylic acid groups (broad SMARTS) is 1. The van der Waals surface area contributed by atoms with E-state index in [0.717, 1.165) is 16.5 Å². The Kier molecular flexibility index (Phi) is 6.79. The summed E-state index contributed by atoms with van der Waals surface area (Å²) < 4.78 is 27.4. The van der Waals surface area contributed by atoms with Gasteiger partial charge in [-0.2, -0.15) is 0 Å². The van der Waals surface area contributed by atoms with Crippen molar-refractivity contribution in [3.8, 4) is 11.5 Å². The van der Waals surface area contributed by atoms with E-state index >= 15 is 4.39 Å². The third kappa shape index (κ3) is 4.45.